The van der Waals surface area contributed by atoms with Gasteiger partial charge in [0.2, 0.25) is 5.88 Å². The van der Waals surface area contributed by atoms with Gasteiger partial charge in [-0.15, -0.1) is 0 Å². The molecule has 1 aliphatic rings. The molecule has 3 rings (SSSR count). The van der Waals surface area contributed by atoms with Gasteiger partial charge in [-0.1, -0.05) is 12.1 Å². The second-order valence-electron chi connectivity index (χ2n) is 6.43. The highest BCUT2D eigenvalue weighted by molar-refractivity contribution is 7.92. The lowest BCUT2D eigenvalue weighted by Crippen LogP contribution is -2.44. The highest BCUT2D eigenvalue weighted by Gasteiger charge is 2.35. The molecule has 0 aliphatic carbocycles. The van der Waals surface area contributed by atoms with Gasteiger partial charge in [-0.2, -0.15) is 0 Å². The summed E-state index contributed by atoms with van der Waals surface area (Å²) in [5, 5.41) is 0. The predicted octanol–water partition coefficient (Wildman–Crippen LogP) is 2.30. The van der Waals surface area contributed by atoms with E-state index < -0.39 is 16.1 Å². The number of rotatable bonds is 5. The SMILES string of the molecule is CC(=O)CC[C@H]1CN(S(=O)(=O)c2cccc(C)c2)c2cc(N)cnc2O1. The van der Waals surface area contributed by atoms with Gasteiger partial charge in [0.05, 0.1) is 23.3 Å². The summed E-state index contributed by atoms with van der Waals surface area (Å²) in [4.78, 5) is 15.6. The Bertz CT molecular complexity index is 943. The quantitative estimate of drug-likeness (QED) is 0.860. The number of aryl methyl sites for hydroxylation is 1. The third-order valence-corrected chi connectivity index (χ3v) is 5.94. The third kappa shape index (κ3) is 3.65. The van der Waals surface area contributed by atoms with Crippen LogP contribution < -0.4 is 14.8 Å². The van der Waals surface area contributed by atoms with E-state index in [1.807, 2.05) is 13.0 Å². The summed E-state index contributed by atoms with van der Waals surface area (Å²) in [5.41, 5.74) is 7.30. The highest BCUT2D eigenvalue weighted by Crippen LogP contribution is 2.37. The molecule has 1 aromatic heterocycles. The lowest BCUT2D eigenvalue weighted by atomic mass is 10.1. The maximum Gasteiger partial charge on any atom is 0.264 e. The largest absolute Gasteiger partial charge is 0.471 e. The molecule has 0 saturated heterocycles. The fourth-order valence-electron chi connectivity index (χ4n) is 2.85. The first kappa shape index (κ1) is 18.2. The molecule has 0 unspecified atom stereocenters. The van der Waals surface area contributed by atoms with Crippen LogP contribution in [0.4, 0.5) is 11.4 Å². The number of fused-ring (bicyclic) bond motifs is 1. The highest BCUT2D eigenvalue weighted by atomic mass is 32.2. The predicted molar refractivity (Wildman–Crippen MR) is 98.7 cm³/mol. The van der Waals surface area contributed by atoms with Crippen molar-refractivity contribution in [2.24, 2.45) is 0 Å². The molecule has 7 nitrogen and oxygen atoms in total. The molecule has 2 N–H and O–H groups in total. The monoisotopic (exact) mass is 375 g/mol. The van der Waals surface area contributed by atoms with Crippen LogP contribution in [0.3, 0.4) is 0 Å². The smallest absolute Gasteiger partial charge is 0.264 e. The molecule has 1 aromatic carbocycles. The van der Waals surface area contributed by atoms with Crippen LogP contribution in [0, 0.1) is 6.92 Å². The maximum atomic E-state index is 13.2. The molecule has 2 aromatic rings. The Labute approximate surface area is 152 Å². The van der Waals surface area contributed by atoms with Gasteiger partial charge in [0.15, 0.2) is 0 Å². The summed E-state index contributed by atoms with van der Waals surface area (Å²) in [7, 11) is -3.81. The van der Waals surface area contributed by atoms with Crippen molar-refractivity contribution in [1.29, 1.82) is 0 Å². The molecule has 8 heteroatoms. The van der Waals surface area contributed by atoms with E-state index >= 15 is 0 Å². The minimum Gasteiger partial charge on any atom is -0.471 e. The van der Waals surface area contributed by atoms with Crippen molar-refractivity contribution in [1.82, 2.24) is 4.98 Å². The topological polar surface area (TPSA) is 103 Å². The maximum absolute atomic E-state index is 13.2. The number of carbonyl (C=O) groups excluding carboxylic acids is 1. The number of nitrogens with two attached hydrogens (primary N) is 1. The van der Waals surface area contributed by atoms with Gasteiger partial charge in [0.25, 0.3) is 10.0 Å². The van der Waals surface area contributed by atoms with Crippen LogP contribution >= 0.6 is 0 Å². The molecule has 2 heterocycles. The van der Waals surface area contributed by atoms with Crippen molar-refractivity contribution >= 4 is 27.2 Å². The number of Topliss-reactive ketones (excluding diaryl/α,β-unsaturated/α-hetero) is 1. The molecule has 0 fully saturated rings. The summed E-state index contributed by atoms with van der Waals surface area (Å²) in [6.07, 6.45) is 1.69. The van der Waals surface area contributed by atoms with Crippen molar-refractivity contribution in [2.75, 3.05) is 16.6 Å². The Balaban J connectivity index is 2.03. The van der Waals surface area contributed by atoms with Gasteiger partial charge < -0.3 is 15.3 Å². The molecule has 0 radical (unpaired) electrons. The van der Waals surface area contributed by atoms with E-state index in [9.17, 15) is 13.2 Å². The Hall–Kier alpha value is -2.61. The van der Waals surface area contributed by atoms with E-state index in [1.165, 1.54) is 23.5 Å². The fraction of sp³-hybridized carbons (Fsp3) is 0.333. The lowest BCUT2D eigenvalue weighted by Gasteiger charge is -2.34. The first-order chi connectivity index (χ1) is 12.3. The normalized spacial score (nSPS) is 16.7. The van der Waals surface area contributed by atoms with E-state index in [0.717, 1.165) is 5.56 Å². The van der Waals surface area contributed by atoms with Gasteiger partial charge in [-0.3, -0.25) is 4.31 Å². The average molecular weight is 375 g/mol. The number of pyridine rings is 1. The van der Waals surface area contributed by atoms with Crippen LogP contribution in [0.5, 0.6) is 5.88 Å². The zero-order chi connectivity index (χ0) is 18.9. The van der Waals surface area contributed by atoms with E-state index in [2.05, 4.69) is 4.98 Å². The number of ether oxygens (including phenoxy) is 1. The van der Waals surface area contributed by atoms with Gasteiger partial charge in [-0.05, 0) is 44.0 Å². The standard InChI is InChI=1S/C18H21N3O4S/c1-12-4-3-5-16(8-12)26(23,24)21-11-15(7-6-13(2)22)25-18-17(21)9-14(19)10-20-18/h3-5,8-10,15H,6-7,11,19H2,1-2H3/t15-/m0/s1. The van der Waals surface area contributed by atoms with Crippen molar-refractivity contribution in [3.05, 3.63) is 42.1 Å². The van der Waals surface area contributed by atoms with Gasteiger partial charge in [0, 0.05) is 6.42 Å². The minimum atomic E-state index is -3.81. The molecule has 1 aliphatic heterocycles. The Kier molecular flexibility index (Phi) is 4.86. The first-order valence-electron chi connectivity index (χ1n) is 8.28. The minimum absolute atomic E-state index is 0.0257. The van der Waals surface area contributed by atoms with E-state index in [0.29, 0.717) is 24.2 Å². The number of sulfonamides is 1. The van der Waals surface area contributed by atoms with E-state index in [1.54, 1.807) is 18.2 Å². The molecule has 0 spiro atoms. The van der Waals surface area contributed by atoms with Crippen molar-refractivity contribution < 1.29 is 17.9 Å². The first-order valence-corrected chi connectivity index (χ1v) is 9.72. The Morgan fingerprint density at radius 3 is 2.85 bits per heavy atom. The molecule has 1 atom stereocenters. The number of nitrogens with zero attached hydrogens (tertiary/aromatic N) is 2. The van der Waals surface area contributed by atoms with E-state index in [4.69, 9.17) is 10.5 Å². The summed E-state index contributed by atoms with van der Waals surface area (Å²) >= 11 is 0. The number of nitrogen functional groups attached to an aromatic ring is 1. The number of hydrogen-bond acceptors (Lipinski definition) is 6. The summed E-state index contributed by atoms with van der Waals surface area (Å²) in [5.74, 6) is 0.230. The van der Waals surface area contributed by atoms with Crippen LogP contribution in [-0.2, 0) is 14.8 Å². The zero-order valence-electron chi connectivity index (χ0n) is 14.7. The molecule has 138 valence electrons. The second kappa shape index (κ2) is 6.95. The van der Waals surface area contributed by atoms with Crippen molar-refractivity contribution in [3.8, 4) is 5.88 Å². The van der Waals surface area contributed by atoms with Crippen LogP contribution in [0.2, 0.25) is 0 Å². The molecular formula is C18H21N3O4S. The van der Waals surface area contributed by atoms with Crippen LogP contribution in [0.1, 0.15) is 25.3 Å². The van der Waals surface area contributed by atoms with Crippen LogP contribution in [0.15, 0.2) is 41.4 Å². The van der Waals surface area contributed by atoms with Gasteiger partial charge in [-0.25, -0.2) is 13.4 Å². The zero-order valence-corrected chi connectivity index (χ0v) is 15.5. The average Bonchev–Trinajstić information content (AvgIpc) is 2.59. The number of ketones is 1. The number of aromatic nitrogens is 1. The van der Waals surface area contributed by atoms with Crippen molar-refractivity contribution in [3.63, 3.8) is 0 Å². The van der Waals surface area contributed by atoms with E-state index in [-0.39, 0.29) is 23.1 Å². The summed E-state index contributed by atoms with van der Waals surface area (Å²) < 4.78 is 33.5. The molecule has 26 heavy (non-hydrogen) atoms. The molecule has 0 bridgehead atoms. The Morgan fingerprint density at radius 2 is 2.15 bits per heavy atom. The number of carbonyl (C=O) groups is 1. The molecule has 0 saturated carbocycles. The van der Waals surface area contributed by atoms with Gasteiger partial charge >= 0.3 is 0 Å². The van der Waals surface area contributed by atoms with Crippen LogP contribution in [-0.4, -0.2) is 31.8 Å². The number of hydrogen-bond donors (Lipinski definition) is 1. The summed E-state index contributed by atoms with van der Waals surface area (Å²) in [6.45, 7) is 3.43. The van der Waals surface area contributed by atoms with Crippen molar-refractivity contribution in [2.45, 2.75) is 37.7 Å². The number of benzene rings is 1. The van der Waals surface area contributed by atoms with Gasteiger partial charge in [0.1, 0.15) is 17.6 Å². The number of anilines is 2. The second-order valence-corrected chi connectivity index (χ2v) is 8.29. The summed E-state index contributed by atoms with van der Waals surface area (Å²) in [6, 6.07) is 8.25. The Morgan fingerprint density at radius 1 is 1.38 bits per heavy atom. The third-order valence-electron chi connectivity index (χ3n) is 4.17. The lowest BCUT2D eigenvalue weighted by molar-refractivity contribution is -0.117. The molecule has 0 amide bonds. The fourth-order valence-corrected chi connectivity index (χ4v) is 4.44. The van der Waals surface area contributed by atoms with Crippen LogP contribution in [0.25, 0.3) is 0 Å². The molecular weight excluding hydrogens is 354 g/mol.